The second-order valence-electron chi connectivity index (χ2n) is 6.56. The summed E-state index contributed by atoms with van der Waals surface area (Å²) in [7, 11) is -4.09. The van der Waals surface area contributed by atoms with Crippen molar-refractivity contribution < 1.29 is 16.8 Å². The Hall–Kier alpha value is -0.960. The smallest absolute Gasteiger partial charge is 0.253 e. The Labute approximate surface area is 152 Å². The highest BCUT2D eigenvalue weighted by atomic mass is 32.3. The molecule has 0 spiro atoms. The lowest BCUT2D eigenvalue weighted by molar-refractivity contribution is 0.402. The van der Waals surface area contributed by atoms with Crippen LogP contribution in [0.4, 0.5) is 0 Å². The van der Waals surface area contributed by atoms with E-state index >= 15 is 0 Å². The second kappa shape index (κ2) is 10.3. The zero-order valence-electron chi connectivity index (χ0n) is 15.4. The van der Waals surface area contributed by atoms with Gasteiger partial charge in [-0.3, -0.25) is 0 Å². The van der Waals surface area contributed by atoms with E-state index in [1.54, 1.807) is 12.1 Å². The molecule has 0 bridgehead atoms. The van der Waals surface area contributed by atoms with E-state index in [4.69, 9.17) is 0 Å². The van der Waals surface area contributed by atoms with E-state index in [2.05, 4.69) is 6.92 Å². The van der Waals surface area contributed by atoms with Crippen LogP contribution in [0, 0.1) is 0 Å². The Morgan fingerprint density at radius 2 is 1.44 bits per heavy atom. The molecule has 25 heavy (non-hydrogen) atoms. The molecule has 1 aromatic carbocycles. The van der Waals surface area contributed by atoms with Gasteiger partial charge in [0.15, 0.2) is 0 Å². The fraction of sp³-hybridized carbons (Fsp3) is 0.647. The minimum absolute atomic E-state index is 0.0403. The van der Waals surface area contributed by atoms with E-state index in [1.807, 2.05) is 23.1 Å². The topological polar surface area (TPSA) is 83.5 Å². The van der Waals surface area contributed by atoms with E-state index in [0.717, 1.165) is 37.7 Å². The maximum atomic E-state index is 12.3. The summed E-state index contributed by atoms with van der Waals surface area (Å²) in [5.74, 6) is -0.170. The van der Waals surface area contributed by atoms with E-state index in [1.165, 1.54) is 12.1 Å². The van der Waals surface area contributed by atoms with Crippen LogP contribution < -0.4 is 4.13 Å². The van der Waals surface area contributed by atoms with Crippen molar-refractivity contribution in [2.75, 3.05) is 19.8 Å². The number of nitrogens with one attached hydrogen (secondary N) is 1. The fourth-order valence-electron chi connectivity index (χ4n) is 2.47. The SMILES string of the molecule is CCCCCCCCS(=O)(=O)NS(=O)(=O)c1ccc(CN(C)C)cc1. The fourth-order valence-corrected chi connectivity index (χ4v) is 5.60. The maximum absolute atomic E-state index is 12.3. The van der Waals surface area contributed by atoms with Crippen molar-refractivity contribution in [3.05, 3.63) is 29.8 Å². The van der Waals surface area contributed by atoms with Crippen LogP contribution in [0.25, 0.3) is 0 Å². The van der Waals surface area contributed by atoms with Gasteiger partial charge in [0.2, 0.25) is 10.0 Å². The first-order valence-corrected chi connectivity index (χ1v) is 11.8. The van der Waals surface area contributed by atoms with Crippen molar-refractivity contribution in [2.45, 2.75) is 56.9 Å². The molecule has 144 valence electrons. The van der Waals surface area contributed by atoms with E-state index in [-0.39, 0.29) is 10.6 Å². The van der Waals surface area contributed by atoms with E-state index in [0.29, 0.717) is 13.0 Å². The van der Waals surface area contributed by atoms with Crippen molar-refractivity contribution in [2.24, 2.45) is 0 Å². The summed E-state index contributed by atoms with van der Waals surface area (Å²) in [4.78, 5) is 1.92. The molecule has 0 radical (unpaired) electrons. The van der Waals surface area contributed by atoms with Gasteiger partial charge in [-0.25, -0.2) is 16.8 Å². The highest BCUT2D eigenvalue weighted by Gasteiger charge is 2.22. The first-order chi connectivity index (χ1) is 11.7. The Balaban J connectivity index is 2.60. The number of benzene rings is 1. The average Bonchev–Trinajstić information content (AvgIpc) is 2.49. The Kier molecular flexibility index (Phi) is 9.06. The number of nitrogens with zero attached hydrogens (tertiary/aromatic N) is 1. The van der Waals surface area contributed by atoms with Crippen molar-refractivity contribution in [3.63, 3.8) is 0 Å². The molecule has 0 aromatic heterocycles. The van der Waals surface area contributed by atoms with Gasteiger partial charge >= 0.3 is 0 Å². The highest BCUT2D eigenvalue weighted by molar-refractivity contribution is 8.04. The lowest BCUT2D eigenvalue weighted by atomic mass is 10.1. The Morgan fingerprint density at radius 3 is 2.00 bits per heavy atom. The van der Waals surface area contributed by atoms with Crippen LogP contribution in [-0.4, -0.2) is 41.6 Å². The summed E-state index contributed by atoms with van der Waals surface area (Å²) in [6.07, 6.45) is 5.59. The van der Waals surface area contributed by atoms with Crippen LogP contribution >= 0.6 is 0 Å². The van der Waals surface area contributed by atoms with Crippen LogP contribution in [0.1, 0.15) is 51.0 Å². The average molecular weight is 391 g/mol. The molecular weight excluding hydrogens is 360 g/mol. The zero-order chi connectivity index (χ0) is 18.9. The molecule has 1 rings (SSSR count). The minimum atomic E-state index is -4.07. The molecule has 0 fully saturated rings. The predicted molar refractivity (Wildman–Crippen MR) is 101 cm³/mol. The summed E-state index contributed by atoms with van der Waals surface area (Å²) in [6, 6.07) is 6.24. The molecule has 8 heteroatoms. The molecule has 0 aliphatic carbocycles. The summed E-state index contributed by atoms with van der Waals surface area (Å²) < 4.78 is 50.4. The minimum Gasteiger partial charge on any atom is -0.305 e. The van der Waals surface area contributed by atoms with Crippen molar-refractivity contribution in [1.29, 1.82) is 0 Å². The first-order valence-electron chi connectivity index (χ1n) is 8.66. The largest absolute Gasteiger partial charge is 0.305 e. The molecule has 0 amide bonds. The van der Waals surface area contributed by atoms with Gasteiger partial charge in [-0.15, -0.1) is 4.13 Å². The maximum Gasteiger partial charge on any atom is 0.253 e. The van der Waals surface area contributed by atoms with Crippen molar-refractivity contribution in [1.82, 2.24) is 9.03 Å². The molecule has 0 saturated carbocycles. The van der Waals surface area contributed by atoms with Crippen LogP contribution in [0.5, 0.6) is 0 Å². The second-order valence-corrected chi connectivity index (χ2v) is 10.3. The summed E-state index contributed by atoms with van der Waals surface area (Å²) in [6.45, 7) is 2.80. The summed E-state index contributed by atoms with van der Waals surface area (Å²) >= 11 is 0. The standard InChI is InChI=1S/C17H30N2O4S2/c1-4-5-6-7-8-9-14-24(20,21)18-25(22,23)17-12-10-16(11-13-17)15-19(2)3/h10-13,18H,4-9,14-15H2,1-3H3. The van der Waals surface area contributed by atoms with Crippen LogP contribution in [0.15, 0.2) is 29.2 Å². The van der Waals surface area contributed by atoms with Gasteiger partial charge in [0.1, 0.15) is 0 Å². The number of sulfonamides is 2. The van der Waals surface area contributed by atoms with E-state index < -0.39 is 20.0 Å². The van der Waals surface area contributed by atoms with Gasteiger partial charge in [0.05, 0.1) is 10.6 Å². The predicted octanol–water partition coefficient (Wildman–Crippen LogP) is 2.72. The zero-order valence-corrected chi connectivity index (χ0v) is 17.0. The number of rotatable bonds is 12. The third-order valence-corrected chi connectivity index (χ3v) is 7.35. The highest BCUT2D eigenvalue weighted by Crippen LogP contribution is 2.13. The molecule has 1 N–H and O–H groups in total. The van der Waals surface area contributed by atoms with Crippen LogP contribution in [0.3, 0.4) is 0 Å². The molecule has 0 saturated heterocycles. The third-order valence-electron chi connectivity index (χ3n) is 3.74. The molecule has 0 unspecified atom stereocenters. The normalized spacial score (nSPS) is 12.6. The summed E-state index contributed by atoms with van der Waals surface area (Å²) in [5, 5.41) is 0. The van der Waals surface area contributed by atoms with Crippen molar-refractivity contribution in [3.8, 4) is 0 Å². The molecular formula is C17H30N2O4S2. The Morgan fingerprint density at radius 1 is 0.880 bits per heavy atom. The van der Waals surface area contributed by atoms with Crippen molar-refractivity contribution >= 4 is 20.0 Å². The van der Waals surface area contributed by atoms with Crippen LogP contribution in [0.2, 0.25) is 0 Å². The molecule has 6 nitrogen and oxygen atoms in total. The van der Waals surface area contributed by atoms with Crippen LogP contribution in [-0.2, 0) is 26.6 Å². The quantitative estimate of drug-likeness (QED) is 0.555. The first kappa shape index (κ1) is 22.1. The molecule has 0 aliphatic rings. The van der Waals surface area contributed by atoms with Gasteiger partial charge < -0.3 is 4.90 Å². The van der Waals surface area contributed by atoms with Gasteiger partial charge in [-0.1, -0.05) is 51.2 Å². The van der Waals surface area contributed by atoms with E-state index in [9.17, 15) is 16.8 Å². The van der Waals surface area contributed by atoms with Gasteiger partial charge in [0, 0.05) is 6.54 Å². The lowest BCUT2D eigenvalue weighted by Gasteiger charge is -2.11. The Bertz CT molecular complexity index is 712. The van der Waals surface area contributed by atoms with Gasteiger partial charge in [-0.05, 0) is 38.2 Å². The number of hydrogen-bond acceptors (Lipinski definition) is 5. The number of hydrogen-bond donors (Lipinski definition) is 1. The summed E-state index contributed by atoms with van der Waals surface area (Å²) in [5.41, 5.74) is 0.957. The lowest BCUT2D eigenvalue weighted by Crippen LogP contribution is -2.32. The van der Waals surface area contributed by atoms with Gasteiger partial charge in [0.25, 0.3) is 10.0 Å². The monoisotopic (exact) mass is 390 g/mol. The molecule has 0 atom stereocenters. The number of unbranched alkanes of at least 4 members (excludes halogenated alkanes) is 5. The molecule has 0 heterocycles. The molecule has 1 aromatic rings. The molecule has 0 aliphatic heterocycles. The third kappa shape index (κ3) is 8.80. The van der Waals surface area contributed by atoms with Gasteiger partial charge in [-0.2, -0.15) is 0 Å².